The Morgan fingerprint density at radius 3 is 2.55 bits per heavy atom. The summed E-state index contributed by atoms with van der Waals surface area (Å²) in [6.07, 6.45) is 3.37. The molecule has 4 aromatic heterocycles. The van der Waals surface area contributed by atoms with Crippen LogP contribution < -0.4 is 0 Å². The number of benzene rings is 1. The second-order valence-corrected chi connectivity index (χ2v) is 7.23. The van der Waals surface area contributed by atoms with Gasteiger partial charge in [0, 0.05) is 23.5 Å². The van der Waals surface area contributed by atoms with E-state index in [0.29, 0.717) is 29.8 Å². The monoisotopic (exact) mass is 413 g/mol. The highest BCUT2D eigenvalue weighted by molar-refractivity contribution is 5.57. The minimum Gasteiger partial charge on any atom is -0.441 e. The van der Waals surface area contributed by atoms with E-state index in [2.05, 4.69) is 30.4 Å². The van der Waals surface area contributed by atoms with Crippen LogP contribution in [0, 0.1) is 20.8 Å². The molecule has 5 rings (SSSR count). The Labute approximate surface area is 177 Å². The summed E-state index contributed by atoms with van der Waals surface area (Å²) < 4.78 is 13.0. The summed E-state index contributed by atoms with van der Waals surface area (Å²) in [5.74, 6) is 2.08. The highest BCUT2D eigenvalue weighted by atomic mass is 16.5. The van der Waals surface area contributed by atoms with Gasteiger partial charge in [0.2, 0.25) is 11.7 Å². The number of aryl methyl sites for hydroxylation is 2. The van der Waals surface area contributed by atoms with Gasteiger partial charge in [0.25, 0.3) is 5.89 Å². The third-order valence-electron chi connectivity index (χ3n) is 5.02. The predicted molar refractivity (Wildman–Crippen MR) is 112 cm³/mol. The molecular weight excluding hydrogens is 394 g/mol. The van der Waals surface area contributed by atoms with Crippen LogP contribution in [0.5, 0.6) is 0 Å². The summed E-state index contributed by atoms with van der Waals surface area (Å²) in [6, 6.07) is 11.7. The number of pyridine rings is 1. The van der Waals surface area contributed by atoms with Crippen molar-refractivity contribution in [2.24, 2.45) is 0 Å². The largest absolute Gasteiger partial charge is 0.441 e. The molecule has 0 radical (unpaired) electrons. The van der Waals surface area contributed by atoms with Gasteiger partial charge in [-0.1, -0.05) is 28.1 Å². The van der Waals surface area contributed by atoms with Crippen LogP contribution in [0.3, 0.4) is 0 Å². The Balaban J connectivity index is 1.40. The summed E-state index contributed by atoms with van der Waals surface area (Å²) in [5, 5.41) is 12.5. The Hall–Kier alpha value is -4.14. The molecule has 0 saturated carbocycles. The summed E-state index contributed by atoms with van der Waals surface area (Å²) in [7, 11) is 0. The van der Waals surface area contributed by atoms with Crippen LogP contribution >= 0.6 is 0 Å². The number of aromatic nitrogens is 7. The highest BCUT2D eigenvalue weighted by Gasteiger charge is 2.20. The van der Waals surface area contributed by atoms with Crippen LogP contribution in [-0.4, -0.2) is 35.1 Å². The first-order chi connectivity index (χ1) is 15.1. The molecule has 5 aromatic rings. The number of rotatable bonds is 5. The molecule has 0 saturated heterocycles. The van der Waals surface area contributed by atoms with Gasteiger partial charge in [-0.3, -0.25) is 4.98 Å². The zero-order valence-corrected chi connectivity index (χ0v) is 17.3. The van der Waals surface area contributed by atoms with Crippen molar-refractivity contribution in [1.29, 1.82) is 0 Å². The van der Waals surface area contributed by atoms with Gasteiger partial charge < -0.3 is 8.94 Å². The van der Waals surface area contributed by atoms with E-state index in [1.165, 1.54) is 5.56 Å². The molecule has 0 atom stereocenters. The van der Waals surface area contributed by atoms with Gasteiger partial charge in [0.15, 0.2) is 5.69 Å². The van der Waals surface area contributed by atoms with Gasteiger partial charge >= 0.3 is 0 Å². The molecule has 0 unspecified atom stereocenters. The van der Waals surface area contributed by atoms with Crippen molar-refractivity contribution in [3.8, 4) is 34.4 Å². The molecule has 0 aliphatic carbocycles. The van der Waals surface area contributed by atoms with Crippen LogP contribution in [0.15, 0.2) is 57.7 Å². The first kappa shape index (κ1) is 18.9. The summed E-state index contributed by atoms with van der Waals surface area (Å²) in [6.45, 7) is 6.26. The second kappa shape index (κ2) is 7.60. The van der Waals surface area contributed by atoms with Crippen molar-refractivity contribution < 1.29 is 8.94 Å². The van der Waals surface area contributed by atoms with Crippen molar-refractivity contribution in [2.75, 3.05) is 0 Å². The van der Waals surface area contributed by atoms with Crippen molar-refractivity contribution in [3.63, 3.8) is 0 Å². The first-order valence-corrected chi connectivity index (χ1v) is 9.76. The molecule has 0 fully saturated rings. The Morgan fingerprint density at radius 2 is 1.77 bits per heavy atom. The van der Waals surface area contributed by atoms with Gasteiger partial charge in [0.1, 0.15) is 11.5 Å². The summed E-state index contributed by atoms with van der Waals surface area (Å²) >= 11 is 0. The van der Waals surface area contributed by atoms with E-state index in [1.54, 1.807) is 17.1 Å². The van der Waals surface area contributed by atoms with E-state index < -0.39 is 0 Å². The fraction of sp³-hybridized carbons (Fsp3) is 0.182. The van der Waals surface area contributed by atoms with Gasteiger partial charge in [-0.05, 0) is 45.0 Å². The van der Waals surface area contributed by atoms with Gasteiger partial charge in [-0.15, -0.1) is 5.10 Å². The van der Waals surface area contributed by atoms with Crippen molar-refractivity contribution in [3.05, 3.63) is 71.5 Å². The molecule has 0 spiro atoms. The molecule has 1 aromatic carbocycles. The third kappa shape index (κ3) is 3.61. The molecule has 0 aliphatic rings. The molecule has 0 N–H and O–H groups in total. The van der Waals surface area contributed by atoms with Crippen LogP contribution in [-0.2, 0) is 6.54 Å². The Bertz CT molecular complexity index is 1330. The van der Waals surface area contributed by atoms with E-state index in [0.717, 1.165) is 28.3 Å². The zero-order valence-electron chi connectivity index (χ0n) is 17.3. The molecule has 154 valence electrons. The standard InChI is InChI=1S/C22H19N7O2/c1-13-6-8-16(9-7-13)21-24-18(15(3)30-21)12-29-14(2)19(26-28-29)22-25-20(27-31-22)17-5-4-10-23-11-17/h4-11H,12H2,1-3H3. The lowest BCUT2D eigenvalue weighted by atomic mass is 10.1. The van der Waals surface area contributed by atoms with Gasteiger partial charge in [-0.25, -0.2) is 9.67 Å². The lowest BCUT2D eigenvalue weighted by Crippen LogP contribution is -2.05. The number of nitrogens with zero attached hydrogens (tertiary/aromatic N) is 7. The lowest BCUT2D eigenvalue weighted by molar-refractivity contribution is 0.430. The second-order valence-electron chi connectivity index (χ2n) is 7.23. The Kier molecular flexibility index (Phi) is 4.62. The number of oxazole rings is 1. The topological polar surface area (TPSA) is 109 Å². The van der Waals surface area contributed by atoms with E-state index in [1.807, 2.05) is 57.2 Å². The molecule has 0 amide bonds. The molecule has 9 nitrogen and oxygen atoms in total. The first-order valence-electron chi connectivity index (χ1n) is 9.76. The Morgan fingerprint density at radius 1 is 0.935 bits per heavy atom. The maximum atomic E-state index is 5.88. The molecule has 0 bridgehead atoms. The van der Waals surface area contributed by atoms with Crippen LogP contribution in [0.25, 0.3) is 34.4 Å². The highest BCUT2D eigenvalue weighted by Crippen LogP contribution is 2.25. The molecule has 31 heavy (non-hydrogen) atoms. The van der Waals surface area contributed by atoms with Gasteiger partial charge in [0.05, 0.1) is 12.2 Å². The van der Waals surface area contributed by atoms with Crippen molar-refractivity contribution >= 4 is 0 Å². The van der Waals surface area contributed by atoms with Crippen molar-refractivity contribution in [2.45, 2.75) is 27.3 Å². The SMILES string of the molecule is Cc1ccc(-c2nc(Cn3nnc(-c4nc(-c5cccnc5)no4)c3C)c(C)o2)cc1. The fourth-order valence-electron chi connectivity index (χ4n) is 3.18. The minimum atomic E-state index is 0.305. The van der Waals surface area contributed by atoms with Crippen LogP contribution in [0.1, 0.15) is 22.7 Å². The minimum absolute atomic E-state index is 0.305. The maximum Gasteiger partial charge on any atom is 0.280 e. The van der Waals surface area contributed by atoms with E-state index in [-0.39, 0.29) is 0 Å². The molecule has 9 heteroatoms. The summed E-state index contributed by atoms with van der Waals surface area (Å²) in [5.41, 5.74) is 5.00. The fourth-order valence-corrected chi connectivity index (χ4v) is 3.18. The van der Waals surface area contributed by atoms with Crippen LogP contribution in [0.2, 0.25) is 0 Å². The zero-order chi connectivity index (χ0) is 21.4. The molecular formula is C22H19N7O2. The molecule has 4 heterocycles. The summed E-state index contributed by atoms with van der Waals surface area (Å²) in [4.78, 5) is 13.2. The van der Waals surface area contributed by atoms with E-state index in [4.69, 9.17) is 8.94 Å². The average molecular weight is 413 g/mol. The van der Waals surface area contributed by atoms with E-state index >= 15 is 0 Å². The quantitative estimate of drug-likeness (QED) is 0.425. The number of hydrogen-bond donors (Lipinski definition) is 0. The van der Waals surface area contributed by atoms with E-state index in [9.17, 15) is 0 Å². The van der Waals surface area contributed by atoms with Crippen molar-refractivity contribution in [1.82, 2.24) is 35.1 Å². The predicted octanol–water partition coefficient (Wildman–Crippen LogP) is 4.02. The lowest BCUT2D eigenvalue weighted by Gasteiger charge is -2.00. The smallest absolute Gasteiger partial charge is 0.280 e. The van der Waals surface area contributed by atoms with Gasteiger partial charge in [-0.2, -0.15) is 4.98 Å². The normalized spacial score (nSPS) is 11.2. The van der Waals surface area contributed by atoms with Crippen LogP contribution in [0.4, 0.5) is 0 Å². The third-order valence-corrected chi connectivity index (χ3v) is 5.02. The molecule has 0 aliphatic heterocycles. The maximum absolute atomic E-state index is 5.88. The number of hydrogen-bond acceptors (Lipinski definition) is 8. The average Bonchev–Trinajstić information content (AvgIpc) is 3.50.